The van der Waals surface area contributed by atoms with Crippen molar-refractivity contribution < 1.29 is 18.3 Å². The van der Waals surface area contributed by atoms with Crippen molar-refractivity contribution in [3.63, 3.8) is 0 Å². The minimum atomic E-state index is -3.67. The topological polar surface area (TPSA) is 99.1 Å². The highest BCUT2D eigenvalue weighted by molar-refractivity contribution is 7.92. The van der Waals surface area contributed by atoms with Crippen molar-refractivity contribution in [2.24, 2.45) is 5.10 Å². The lowest BCUT2D eigenvalue weighted by atomic mass is 10.1. The Bertz CT molecular complexity index is 984. The molecule has 0 saturated heterocycles. The van der Waals surface area contributed by atoms with Crippen LogP contribution in [-0.2, 0) is 14.8 Å². The van der Waals surface area contributed by atoms with Crippen LogP contribution in [0.2, 0.25) is 0 Å². The largest absolute Gasteiger partial charge is 0.507 e. The minimum absolute atomic E-state index is 0.0427. The van der Waals surface area contributed by atoms with Gasteiger partial charge >= 0.3 is 0 Å². The Morgan fingerprint density at radius 2 is 1.81 bits per heavy atom. The number of anilines is 1. The number of sulfonamides is 1. The maximum Gasteiger partial charge on any atom is 0.260 e. The third-order valence-electron chi connectivity index (χ3n) is 4.17. The monoisotopic (exact) mass is 389 g/mol. The lowest BCUT2D eigenvalue weighted by Gasteiger charge is -2.24. The molecule has 0 atom stereocenters. The molecule has 1 amide bonds. The number of amides is 1. The van der Waals surface area contributed by atoms with Gasteiger partial charge in [-0.2, -0.15) is 5.10 Å². The van der Waals surface area contributed by atoms with Gasteiger partial charge in [-0.25, -0.2) is 13.8 Å². The summed E-state index contributed by atoms with van der Waals surface area (Å²) in [5.41, 5.74) is 5.39. The molecule has 7 nitrogen and oxygen atoms in total. The van der Waals surface area contributed by atoms with E-state index in [1.54, 1.807) is 44.2 Å². The maximum atomic E-state index is 12.3. The van der Waals surface area contributed by atoms with E-state index < -0.39 is 22.5 Å². The van der Waals surface area contributed by atoms with Gasteiger partial charge < -0.3 is 5.11 Å². The van der Waals surface area contributed by atoms with E-state index in [4.69, 9.17) is 0 Å². The second-order valence-corrected chi connectivity index (χ2v) is 8.14. The molecule has 0 bridgehead atoms. The number of hydrazone groups is 1. The summed E-state index contributed by atoms with van der Waals surface area (Å²) >= 11 is 0. The van der Waals surface area contributed by atoms with Crippen molar-refractivity contribution in [2.75, 3.05) is 17.1 Å². The number of benzene rings is 2. The first-order valence-corrected chi connectivity index (χ1v) is 10.1. The molecule has 0 heterocycles. The Morgan fingerprint density at radius 3 is 2.44 bits per heavy atom. The summed E-state index contributed by atoms with van der Waals surface area (Å²) in [6, 6.07) is 11.9. The van der Waals surface area contributed by atoms with E-state index in [0.29, 0.717) is 17.0 Å². The molecule has 144 valence electrons. The van der Waals surface area contributed by atoms with Crippen LogP contribution in [0.15, 0.2) is 47.6 Å². The minimum Gasteiger partial charge on any atom is -0.507 e. The molecular formula is C19H23N3O4S. The third kappa shape index (κ3) is 5.07. The number of nitrogens with zero attached hydrogens (tertiary/aromatic N) is 2. The number of phenols is 1. The van der Waals surface area contributed by atoms with Crippen LogP contribution >= 0.6 is 0 Å². The average molecular weight is 389 g/mol. The van der Waals surface area contributed by atoms with Gasteiger partial charge in [0.05, 0.1) is 17.7 Å². The Kier molecular flexibility index (Phi) is 6.22. The van der Waals surface area contributed by atoms with E-state index in [0.717, 1.165) is 21.7 Å². The number of para-hydroxylation sites is 1. The van der Waals surface area contributed by atoms with Gasteiger partial charge in [0.1, 0.15) is 12.3 Å². The van der Waals surface area contributed by atoms with Gasteiger partial charge in [-0.3, -0.25) is 9.10 Å². The van der Waals surface area contributed by atoms with Gasteiger partial charge in [0.15, 0.2) is 0 Å². The van der Waals surface area contributed by atoms with E-state index in [-0.39, 0.29) is 5.75 Å². The van der Waals surface area contributed by atoms with Crippen LogP contribution in [0.25, 0.3) is 0 Å². The molecule has 27 heavy (non-hydrogen) atoms. The molecule has 0 fully saturated rings. The first-order chi connectivity index (χ1) is 12.6. The van der Waals surface area contributed by atoms with Crippen LogP contribution in [0.1, 0.15) is 23.6 Å². The van der Waals surface area contributed by atoms with Crippen molar-refractivity contribution in [2.45, 2.75) is 20.8 Å². The zero-order chi connectivity index (χ0) is 20.2. The normalized spacial score (nSPS) is 11.9. The Labute approximate surface area is 159 Å². The van der Waals surface area contributed by atoms with Gasteiger partial charge in [-0.15, -0.1) is 0 Å². The fraction of sp³-hybridized carbons (Fsp3) is 0.263. The zero-order valence-electron chi connectivity index (χ0n) is 15.7. The summed E-state index contributed by atoms with van der Waals surface area (Å²) in [6.07, 6.45) is 1.05. The first kappa shape index (κ1) is 20.4. The number of aromatic hydroxyl groups is 1. The van der Waals surface area contributed by atoms with Gasteiger partial charge in [-0.1, -0.05) is 24.3 Å². The fourth-order valence-electron chi connectivity index (χ4n) is 2.54. The number of aryl methyl sites for hydroxylation is 1. The van der Waals surface area contributed by atoms with Gasteiger partial charge in [0.25, 0.3) is 5.91 Å². The Balaban J connectivity index is 2.21. The lowest BCUT2D eigenvalue weighted by molar-refractivity contribution is -0.119. The molecule has 0 aliphatic rings. The van der Waals surface area contributed by atoms with E-state index in [1.165, 1.54) is 6.07 Å². The second-order valence-electron chi connectivity index (χ2n) is 6.24. The van der Waals surface area contributed by atoms with E-state index in [9.17, 15) is 18.3 Å². The maximum absolute atomic E-state index is 12.3. The molecule has 0 spiro atoms. The fourth-order valence-corrected chi connectivity index (χ4v) is 3.45. The number of hydrogen-bond acceptors (Lipinski definition) is 5. The molecule has 2 aromatic rings. The predicted molar refractivity (Wildman–Crippen MR) is 107 cm³/mol. The summed E-state index contributed by atoms with van der Waals surface area (Å²) in [5, 5.41) is 13.8. The molecule has 0 radical (unpaired) electrons. The summed E-state index contributed by atoms with van der Waals surface area (Å²) in [7, 11) is -3.67. The standard InChI is InChI=1S/C19H23N3O4S/c1-13-8-7-10-17(14(13)2)22(27(4,25)26)12-19(24)21-20-15(3)16-9-5-6-11-18(16)23/h5-11,23H,12H2,1-4H3,(H,21,24)/b20-15+. The van der Waals surface area contributed by atoms with E-state index in [1.807, 2.05) is 13.0 Å². The Hall–Kier alpha value is -2.87. The third-order valence-corrected chi connectivity index (χ3v) is 5.30. The highest BCUT2D eigenvalue weighted by atomic mass is 32.2. The number of hydrogen-bond donors (Lipinski definition) is 2. The molecular weight excluding hydrogens is 366 g/mol. The molecule has 2 N–H and O–H groups in total. The highest BCUT2D eigenvalue weighted by Gasteiger charge is 2.22. The molecule has 2 aromatic carbocycles. The average Bonchev–Trinajstić information content (AvgIpc) is 2.60. The van der Waals surface area contributed by atoms with E-state index in [2.05, 4.69) is 10.5 Å². The van der Waals surface area contributed by atoms with Crippen molar-refractivity contribution in [1.29, 1.82) is 0 Å². The van der Waals surface area contributed by atoms with Crippen molar-refractivity contribution in [1.82, 2.24) is 5.43 Å². The number of carbonyl (C=O) groups is 1. The second kappa shape index (κ2) is 8.22. The lowest BCUT2D eigenvalue weighted by Crippen LogP contribution is -2.39. The molecule has 0 aliphatic heterocycles. The first-order valence-electron chi connectivity index (χ1n) is 8.26. The van der Waals surface area contributed by atoms with Crippen molar-refractivity contribution in [3.8, 4) is 5.75 Å². The molecule has 0 aliphatic carbocycles. The quantitative estimate of drug-likeness (QED) is 0.585. The van der Waals surface area contributed by atoms with Crippen LogP contribution in [-0.4, -0.2) is 37.9 Å². The van der Waals surface area contributed by atoms with Gasteiger partial charge in [0, 0.05) is 5.56 Å². The molecule has 0 saturated carbocycles. The summed E-state index contributed by atoms with van der Waals surface area (Å²) in [5.74, 6) is -0.544. The van der Waals surface area contributed by atoms with Gasteiger partial charge in [-0.05, 0) is 50.1 Å². The predicted octanol–water partition coefficient (Wildman–Crippen LogP) is 2.32. The number of carbonyl (C=O) groups excluding carboxylic acids is 1. The van der Waals surface area contributed by atoms with Crippen LogP contribution in [0.3, 0.4) is 0 Å². The summed E-state index contributed by atoms with van der Waals surface area (Å²) in [6.45, 7) is 4.91. The summed E-state index contributed by atoms with van der Waals surface area (Å²) in [4.78, 5) is 12.3. The zero-order valence-corrected chi connectivity index (χ0v) is 16.5. The Morgan fingerprint density at radius 1 is 1.15 bits per heavy atom. The number of nitrogens with one attached hydrogen (secondary N) is 1. The van der Waals surface area contributed by atoms with Crippen molar-refractivity contribution >= 4 is 27.3 Å². The van der Waals surface area contributed by atoms with Crippen molar-refractivity contribution in [3.05, 3.63) is 59.2 Å². The van der Waals surface area contributed by atoms with Crippen LogP contribution in [0.5, 0.6) is 5.75 Å². The van der Waals surface area contributed by atoms with Crippen LogP contribution < -0.4 is 9.73 Å². The van der Waals surface area contributed by atoms with Crippen LogP contribution in [0, 0.1) is 13.8 Å². The van der Waals surface area contributed by atoms with Crippen LogP contribution in [0.4, 0.5) is 5.69 Å². The molecule has 0 unspecified atom stereocenters. The number of rotatable bonds is 6. The number of phenolic OH excluding ortho intramolecular Hbond substituents is 1. The molecule has 8 heteroatoms. The van der Waals surface area contributed by atoms with E-state index >= 15 is 0 Å². The molecule has 0 aromatic heterocycles. The smallest absolute Gasteiger partial charge is 0.260 e. The highest BCUT2D eigenvalue weighted by Crippen LogP contribution is 2.24. The molecule has 2 rings (SSSR count). The SMILES string of the molecule is C/C(=N\NC(=O)CN(c1cccc(C)c1C)S(C)(=O)=O)c1ccccc1O. The summed E-state index contributed by atoms with van der Waals surface area (Å²) < 4.78 is 25.5. The van der Waals surface area contributed by atoms with Gasteiger partial charge in [0.2, 0.25) is 10.0 Å².